The van der Waals surface area contributed by atoms with E-state index in [2.05, 4.69) is 39.1 Å². The molecule has 1 amide bonds. The van der Waals surface area contributed by atoms with Crippen molar-refractivity contribution in [3.05, 3.63) is 98.6 Å². The molecule has 5 heteroatoms. The molecule has 156 valence electrons. The van der Waals surface area contributed by atoms with Crippen molar-refractivity contribution >= 4 is 38.4 Å². The lowest BCUT2D eigenvalue weighted by atomic mass is 9.85. The Labute approximate surface area is 189 Å². The third-order valence-electron chi connectivity index (χ3n) is 6.28. The summed E-state index contributed by atoms with van der Waals surface area (Å²) >= 11 is 3.53. The maximum Gasteiger partial charge on any atom is 0.268 e. The number of hydrogen-bond acceptors (Lipinski definition) is 2. The van der Waals surface area contributed by atoms with Crippen LogP contribution in [0.3, 0.4) is 0 Å². The maximum absolute atomic E-state index is 13.9. The molecular weight excluding hydrogens is 452 g/mol. The minimum Gasteiger partial charge on any atom is -0.372 e. The lowest BCUT2D eigenvalue weighted by molar-refractivity contribution is -0.132. The van der Waals surface area contributed by atoms with Crippen LogP contribution in [0.1, 0.15) is 33.5 Å². The molecule has 0 saturated heterocycles. The van der Waals surface area contributed by atoms with E-state index in [4.69, 9.17) is 0 Å². The van der Waals surface area contributed by atoms with Crippen LogP contribution in [0.4, 0.5) is 5.69 Å². The van der Waals surface area contributed by atoms with Gasteiger partial charge in [-0.05, 0) is 56.2 Å². The zero-order valence-corrected chi connectivity index (χ0v) is 19.2. The Morgan fingerprint density at radius 3 is 2.61 bits per heavy atom. The molecule has 4 nitrogen and oxygen atoms in total. The molecule has 3 aromatic carbocycles. The van der Waals surface area contributed by atoms with Crippen LogP contribution in [0.15, 0.2) is 65.1 Å². The van der Waals surface area contributed by atoms with E-state index in [0.717, 1.165) is 43.4 Å². The third kappa shape index (κ3) is 2.95. The van der Waals surface area contributed by atoms with Crippen molar-refractivity contribution in [1.29, 1.82) is 0 Å². The summed E-state index contributed by atoms with van der Waals surface area (Å²) in [5.41, 5.74) is 5.23. The Bertz CT molecular complexity index is 1360. The number of amides is 1. The number of rotatable bonds is 3. The molecule has 0 bridgehead atoms. The smallest absolute Gasteiger partial charge is 0.268 e. The summed E-state index contributed by atoms with van der Waals surface area (Å²) in [5, 5.41) is 13.0. The molecular formula is C26H23BrN2O2. The summed E-state index contributed by atoms with van der Waals surface area (Å²) in [6.07, 6.45) is 0. The number of benzene rings is 3. The van der Waals surface area contributed by atoms with Gasteiger partial charge in [0, 0.05) is 32.2 Å². The van der Waals surface area contributed by atoms with Crippen LogP contribution in [0.5, 0.6) is 0 Å². The van der Waals surface area contributed by atoms with Crippen molar-refractivity contribution in [3.63, 3.8) is 0 Å². The van der Waals surface area contributed by atoms with E-state index >= 15 is 0 Å². The lowest BCUT2D eigenvalue weighted by Gasteiger charge is -2.25. The normalized spacial score (nSPS) is 18.1. The summed E-state index contributed by atoms with van der Waals surface area (Å²) < 4.78 is 0.823. The molecule has 0 radical (unpaired) electrons. The molecule has 31 heavy (non-hydrogen) atoms. The second-order valence-corrected chi connectivity index (χ2v) is 9.28. The van der Waals surface area contributed by atoms with E-state index in [-0.39, 0.29) is 5.91 Å². The van der Waals surface area contributed by atoms with E-state index in [9.17, 15) is 9.90 Å². The summed E-state index contributed by atoms with van der Waals surface area (Å²) in [6.45, 7) is 6.41. The summed E-state index contributed by atoms with van der Waals surface area (Å²) in [5.74, 6) is -0.325. The number of carbonyl (C=O) groups excluding carboxylic acids is 1. The first-order chi connectivity index (χ1) is 14.8. The second kappa shape index (κ2) is 7.08. The number of carbonyl (C=O) groups is 1. The first kappa shape index (κ1) is 20.0. The fourth-order valence-electron chi connectivity index (χ4n) is 4.74. The Morgan fingerprint density at radius 1 is 1.03 bits per heavy atom. The van der Waals surface area contributed by atoms with Crippen molar-refractivity contribution < 1.29 is 9.90 Å². The van der Waals surface area contributed by atoms with Crippen LogP contribution in [0.2, 0.25) is 0 Å². The van der Waals surface area contributed by atoms with Crippen molar-refractivity contribution in [1.82, 2.24) is 4.98 Å². The topological polar surface area (TPSA) is 56.3 Å². The second-order valence-electron chi connectivity index (χ2n) is 8.36. The average molecular weight is 475 g/mol. The first-order valence-corrected chi connectivity index (χ1v) is 11.1. The number of aryl methyl sites for hydroxylation is 3. The number of fused-ring (bicyclic) bond motifs is 2. The number of hydrogen-bond donors (Lipinski definition) is 2. The highest BCUT2D eigenvalue weighted by Gasteiger charge is 2.53. The minimum absolute atomic E-state index is 0.325. The molecule has 4 aromatic rings. The Morgan fingerprint density at radius 2 is 1.81 bits per heavy atom. The van der Waals surface area contributed by atoms with E-state index in [1.165, 1.54) is 0 Å². The standard InChI is InChI=1S/C26H23BrN2O2/c1-15-8-9-16(2)18(12-15)14-29-23-11-10-19(27)13-21(23)26(31,25(29)30)24-17(3)28-22-7-5-4-6-20(22)24/h4-13,28,31H,14H2,1-3H3. The van der Waals surface area contributed by atoms with Gasteiger partial charge in [0.05, 0.1) is 12.2 Å². The van der Waals surface area contributed by atoms with Crippen molar-refractivity contribution in [3.8, 4) is 0 Å². The molecule has 1 unspecified atom stereocenters. The van der Waals surface area contributed by atoms with Gasteiger partial charge in [0.15, 0.2) is 5.60 Å². The largest absolute Gasteiger partial charge is 0.372 e. The van der Waals surface area contributed by atoms with Crippen LogP contribution in [0, 0.1) is 20.8 Å². The van der Waals surface area contributed by atoms with Gasteiger partial charge in [0.1, 0.15) is 0 Å². The van der Waals surface area contributed by atoms with Crippen molar-refractivity contribution in [2.24, 2.45) is 0 Å². The number of nitrogens with zero attached hydrogens (tertiary/aromatic N) is 1. The zero-order valence-electron chi connectivity index (χ0n) is 17.7. The molecule has 1 aliphatic rings. The number of para-hydroxylation sites is 1. The Kier molecular flexibility index (Phi) is 4.57. The van der Waals surface area contributed by atoms with E-state index in [1.54, 1.807) is 4.90 Å². The van der Waals surface area contributed by atoms with E-state index in [1.807, 2.05) is 63.2 Å². The molecule has 2 heterocycles. The quantitative estimate of drug-likeness (QED) is 0.403. The van der Waals surface area contributed by atoms with Crippen LogP contribution in [-0.2, 0) is 16.9 Å². The fraction of sp³-hybridized carbons (Fsp3) is 0.192. The average Bonchev–Trinajstić information content (AvgIpc) is 3.18. The Balaban J connectivity index is 1.73. The van der Waals surface area contributed by atoms with Crippen LogP contribution < -0.4 is 4.90 Å². The zero-order chi connectivity index (χ0) is 21.9. The van der Waals surface area contributed by atoms with Gasteiger partial charge < -0.3 is 15.0 Å². The van der Waals surface area contributed by atoms with Crippen LogP contribution in [0.25, 0.3) is 10.9 Å². The minimum atomic E-state index is -1.76. The molecule has 0 aliphatic carbocycles. The molecule has 1 aliphatic heterocycles. The van der Waals surface area contributed by atoms with Gasteiger partial charge in [-0.25, -0.2) is 0 Å². The molecule has 1 aromatic heterocycles. The molecule has 5 rings (SSSR count). The summed E-state index contributed by atoms with van der Waals surface area (Å²) in [7, 11) is 0. The highest BCUT2D eigenvalue weighted by molar-refractivity contribution is 9.10. The number of nitrogens with one attached hydrogen (secondary N) is 1. The molecule has 2 N–H and O–H groups in total. The number of aromatic nitrogens is 1. The summed E-state index contributed by atoms with van der Waals surface area (Å²) in [6, 6.07) is 19.7. The fourth-order valence-corrected chi connectivity index (χ4v) is 5.10. The van der Waals surface area contributed by atoms with Gasteiger partial charge >= 0.3 is 0 Å². The number of H-pyrrole nitrogens is 1. The van der Waals surface area contributed by atoms with Crippen LogP contribution in [-0.4, -0.2) is 16.0 Å². The predicted octanol–water partition coefficient (Wildman–Crippen LogP) is 5.64. The number of halogens is 1. The highest BCUT2D eigenvalue weighted by Crippen LogP contribution is 2.48. The molecule has 0 saturated carbocycles. The van der Waals surface area contributed by atoms with Gasteiger partial charge in [-0.15, -0.1) is 0 Å². The number of anilines is 1. The van der Waals surface area contributed by atoms with Crippen molar-refractivity contribution in [2.75, 3.05) is 4.90 Å². The molecule has 0 spiro atoms. The van der Waals surface area contributed by atoms with Gasteiger partial charge in [-0.2, -0.15) is 0 Å². The van der Waals surface area contributed by atoms with E-state index in [0.29, 0.717) is 17.7 Å². The first-order valence-electron chi connectivity index (χ1n) is 10.3. The third-order valence-corrected chi connectivity index (χ3v) is 6.78. The Hall–Kier alpha value is -2.89. The molecule has 0 fully saturated rings. The SMILES string of the molecule is Cc1ccc(C)c(CN2C(=O)C(O)(c3c(C)[nH]c4ccccc34)c3cc(Br)ccc32)c1. The van der Waals surface area contributed by atoms with Crippen LogP contribution >= 0.6 is 15.9 Å². The number of aliphatic hydroxyl groups is 1. The van der Waals surface area contributed by atoms with Gasteiger partial charge in [0.25, 0.3) is 5.91 Å². The predicted molar refractivity (Wildman–Crippen MR) is 127 cm³/mol. The maximum atomic E-state index is 13.9. The number of aromatic amines is 1. The van der Waals surface area contributed by atoms with Gasteiger partial charge in [-0.3, -0.25) is 4.79 Å². The summed E-state index contributed by atoms with van der Waals surface area (Å²) in [4.78, 5) is 19.0. The highest BCUT2D eigenvalue weighted by atomic mass is 79.9. The monoisotopic (exact) mass is 474 g/mol. The van der Waals surface area contributed by atoms with Crippen molar-refractivity contribution in [2.45, 2.75) is 32.9 Å². The van der Waals surface area contributed by atoms with E-state index < -0.39 is 5.60 Å². The lowest BCUT2D eigenvalue weighted by Crippen LogP contribution is -2.41. The van der Waals surface area contributed by atoms with Gasteiger partial charge in [-0.1, -0.05) is 57.9 Å². The molecule has 1 atom stereocenters. The van der Waals surface area contributed by atoms with Gasteiger partial charge in [0.2, 0.25) is 0 Å².